The summed E-state index contributed by atoms with van der Waals surface area (Å²) in [5.74, 6) is -0.484. The molecule has 0 saturated heterocycles. The van der Waals surface area contributed by atoms with Crippen molar-refractivity contribution in [2.45, 2.75) is 6.18 Å². The summed E-state index contributed by atoms with van der Waals surface area (Å²) in [6.45, 7) is 0. The highest BCUT2D eigenvalue weighted by atomic mass is 32.1. The fourth-order valence-electron chi connectivity index (χ4n) is 2.77. The van der Waals surface area contributed by atoms with E-state index in [4.69, 9.17) is 0 Å². The van der Waals surface area contributed by atoms with Crippen molar-refractivity contribution in [2.75, 3.05) is 5.32 Å². The molecular weight excluding hydrogens is 385 g/mol. The summed E-state index contributed by atoms with van der Waals surface area (Å²) in [6.07, 6.45) is -4.44. The predicted octanol–water partition coefficient (Wildman–Crippen LogP) is 6.23. The first kappa shape index (κ1) is 18.2. The number of nitrogens with zero attached hydrogens (tertiary/aromatic N) is 1. The molecule has 7 heteroatoms. The van der Waals surface area contributed by atoms with E-state index >= 15 is 0 Å². The van der Waals surface area contributed by atoms with Crippen LogP contribution in [-0.4, -0.2) is 10.9 Å². The lowest BCUT2D eigenvalue weighted by Gasteiger charge is -2.10. The molecule has 0 saturated carbocycles. The van der Waals surface area contributed by atoms with Crippen molar-refractivity contribution in [3.8, 4) is 10.6 Å². The van der Waals surface area contributed by atoms with E-state index < -0.39 is 17.6 Å². The van der Waals surface area contributed by atoms with Crippen LogP contribution in [-0.2, 0) is 6.18 Å². The molecule has 0 spiro atoms. The molecule has 1 amide bonds. The van der Waals surface area contributed by atoms with Gasteiger partial charge in [0.1, 0.15) is 5.01 Å². The first-order valence-electron chi connectivity index (χ1n) is 8.35. The van der Waals surface area contributed by atoms with Crippen LogP contribution in [0.5, 0.6) is 0 Å². The zero-order valence-corrected chi connectivity index (χ0v) is 15.1. The maximum atomic E-state index is 12.7. The summed E-state index contributed by atoms with van der Waals surface area (Å²) in [7, 11) is 0. The van der Waals surface area contributed by atoms with E-state index in [1.807, 2.05) is 36.4 Å². The molecule has 3 nitrogen and oxygen atoms in total. The van der Waals surface area contributed by atoms with Crippen LogP contribution in [0, 0.1) is 0 Å². The highest BCUT2D eigenvalue weighted by Crippen LogP contribution is 2.34. The van der Waals surface area contributed by atoms with E-state index in [0.717, 1.165) is 32.9 Å². The Morgan fingerprint density at radius 3 is 2.29 bits per heavy atom. The van der Waals surface area contributed by atoms with Crippen molar-refractivity contribution in [1.82, 2.24) is 4.98 Å². The lowest BCUT2D eigenvalue weighted by molar-refractivity contribution is -0.137. The van der Waals surface area contributed by atoms with E-state index in [1.165, 1.54) is 23.5 Å². The van der Waals surface area contributed by atoms with E-state index in [0.29, 0.717) is 5.69 Å². The summed E-state index contributed by atoms with van der Waals surface area (Å²) < 4.78 is 39.1. The minimum Gasteiger partial charge on any atom is -0.321 e. The number of aromatic nitrogens is 1. The molecular formula is C21H13F3N2OS. The van der Waals surface area contributed by atoms with E-state index in [9.17, 15) is 18.0 Å². The summed E-state index contributed by atoms with van der Waals surface area (Å²) in [4.78, 5) is 17.1. The second kappa shape index (κ2) is 7.09. The topological polar surface area (TPSA) is 42.0 Å². The van der Waals surface area contributed by atoms with Crippen molar-refractivity contribution in [2.24, 2.45) is 0 Å². The van der Waals surface area contributed by atoms with Crippen LogP contribution in [0.2, 0.25) is 0 Å². The number of rotatable bonds is 3. The zero-order valence-electron chi connectivity index (χ0n) is 14.3. The number of nitrogens with one attached hydrogen (secondary N) is 1. The van der Waals surface area contributed by atoms with Gasteiger partial charge in [-0.3, -0.25) is 4.79 Å². The number of para-hydroxylation sites is 2. The molecule has 1 heterocycles. The van der Waals surface area contributed by atoms with Crippen molar-refractivity contribution in [3.63, 3.8) is 0 Å². The van der Waals surface area contributed by atoms with Crippen LogP contribution >= 0.6 is 11.3 Å². The summed E-state index contributed by atoms with van der Waals surface area (Å²) in [5.41, 5.74) is 1.52. The molecule has 3 aromatic carbocycles. The summed E-state index contributed by atoms with van der Waals surface area (Å²) >= 11 is 1.50. The Morgan fingerprint density at radius 2 is 1.57 bits per heavy atom. The third-order valence-corrected chi connectivity index (χ3v) is 5.24. The second-order valence-corrected chi connectivity index (χ2v) is 7.09. The number of alkyl halides is 3. The Kier molecular flexibility index (Phi) is 4.60. The Labute approximate surface area is 162 Å². The van der Waals surface area contributed by atoms with Crippen molar-refractivity contribution in [3.05, 3.63) is 83.9 Å². The van der Waals surface area contributed by atoms with Crippen LogP contribution in [0.15, 0.2) is 72.8 Å². The molecule has 0 aliphatic carbocycles. The minimum absolute atomic E-state index is 0.145. The number of thiazole rings is 1. The highest BCUT2D eigenvalue weighted by molar-refractivity contribution is 7.21. The maximum absolute atomic E-state index is 12.7. The van der Waals surface area contributed by atoms with Crippen LogP contribution in [0.3, 0.4) is 0 Å². The van der Waals surface area contributed by atoms with Crippen LogP contribution in [0.1, 0.15) is 15.9 Å². The zero-order chi connectivity index (χ0) is 19.7. The number of hydrogen-bond acceptors (Lipinski definition) is 3. The molecule has 0 unspecified atom stereocenters. The van der Waals surface area contributed by atoms with Crippen molar-refractivity contribution in [1.29, 1.82) is 0 Å². The van der Waals surface area contributed by atoms with Crippen molar-refractivity contribution >= 4 is 33.1 Å². The summed E-state index contributed by atoms with van der Waals surface area (Å²) in [5, 5.41) is 3.53. The average Bonchev–Trinajstić information content (AvgIpc) is 3.12. The van der Waals surface area contributed by atoms with Gasteiger partial charge in [-0.1, -0.05) is 24.3 Å². The lowest BCUT2D eigenvalue weighted by Crippen LogP contribution is -2.13. The first-order chi connectivity index (χ1) is 13.4. The SMILES string of the molecule is O=C(Nc1ccccc1-c1nc2ccccc2s1)c1ccc(C(F)(F)F)cc1. The van der Waals surface area contributed by atoms with Gasteiger partial charge in [0.25, 0.3) is 5.91 Å². The Balaban J connectivity index is 1.63. The van der Waals surface area contributed by atoms with Gasteiger partial charge in [-0.15, -0.1) is 11.3 Å². The molecule has 1 N–H and O–H groups in total. The molecule has 4 rings (SSSR count). The number of halogens is 3. The van der Waals surface area contributed by atoms with Gasteiger partial charge in [0.2, 0.25) is 0 Å². The van der Waals surface area contributed by atoms with E-state index in [-0.39, 0.29) is 5.56 Å². The fourth-order valence-corrected chi connectivity index (χ4v) is 3.78. The maximum Gasteiger partial charge on any atom is 0.416 e. The molecule has 1 aromatic heterocycles. The number of hydrogen-bond donors (Lipinski definition) is 1. The molecule has 28 heavy (non-hydrogen) atoms. The molecule has 0 aliphatic heterocycles. The second-order valence-electron chi connectivity index (χ2n) is 6.06. The smallest absolute Gasteiger partial charge is 0.321 e. The molecule has 0 radical (unpaired) electrons. The molecule has 4 aromatic rings. The largest absolute Gasteiger partial charge is 0.416 e. The number of carbonyl (C=O) groups is 1. The normalized spacial score (nSPS) is 11.5. The molecule has 0 bridgehead atoms. The monoisotopic (exact) mass is 398 g/mol. The Hall–Kier alpha value is -3.19. The van der Waals surface area contributed by atoms with Crippen LogP contribution in [0.4, 0.5) is 18.9 Å². The number of benzene rings is 3. The minimum atomic E-state index is -4.44. The van der Waals surface area contributed by atoms with Crippen LogP contribution < -0.4 is 5.32 Å². The average molecular weight is 398 g/mol. The Morgan fingerprint density at radius 1 is 0.893 bits per heavy atom. The number of fused-ring (bicyclic) bond motifs is 1. The molecule has 0 aliphatic rings. The van der Waals surface area contributed by atoms with Gasteiger partial charge in [-0.25, -0.2) is 4.98 Å². The van der Waals surface area contributed by atoms with E-state index in [2.05, 4.69) is 10.3 Å². The third-order valence-electron chi connectivity index (χ3n) is 4.17. The lowest BCUT2D eigenvalue weighted by atomic mass is 10.1. The van der Waals surface area contributed by atoms with Gasteiger partial charge in [-0.2, -0.15) is 13.2 Å². The third kappa shape index (κ3) is 3.61. The van der Waals surface area contributed by atoms with Gasteiger partial charge >= 0.3 is 6.18 Å². The van der Waals surface area contributed by atoms with Gasteiger partial charge in [0, 0.05) is 11.1 Å². The fraction of sp³-hybridized carbons (Fsp3) is 0.0476. The first-order valence-corrected chi connectivity index (χ1v) is 9.17. The van der Waals surface area contributed by atoms with Gasteiger partial charge < -0.3 is 5.32 Å². The standard InChI is InChI=1S/C21H13F3N2OS/c22-21(23,24)14-11-9-13(10-12-14)19(27)25-16-6-2-1-5-15(16)20-26-17-7-3-4-8-18(17)28-20/h1-12H,(H,25,27). The number of carbonyl (C=O) groups excluding carboxylic acids is 1. The van der Waals surface area contributed by atoms with E-state index in [1.54, 1.807) is 12.1 Å². The summed E-state index contributed by atoms with van der Waals surface area (Å²) in [6, 6.07) is 19.1. The van der Waals surface area contributed by atoms with Crippen LogP contribution in [0.25, 0.3) is 20.8 Å². The van der Waals surface area contributed by atoms with Gasteiger partial charge in [0.15, 0.2) is 0 Å². The van der Waals surface area contributed by atoms with Gasteiger partial charge in [-0.05, 0) is 48.5 Å². The number of anilines is 1. The highest BCUT2D eigenvalue weighted by Gasteiger charge is 2.30. The van der Waals surface area contributed by atoms with Crippen molar-refractivity contribution < 1.29 is 18.0 Å². The quantitative estimate of drug-likeness (QED) is 0.444. The molecule has 0 atom stereocenters. The molecule has 0 fully saturated rings. The molecule has 140 valence electrons. The Bertz CT molecular complexity index is 1120. The number of amides is 1. The predicted molar refractivity (Wildman–Crippen MR) is 104 cm³/mol. The van der Waals surface area contributed by atoms with Gasteiger partial charge in [0.05, 0.1) is 21.5 Å².